The lowest BCUT2D eigenvalue weighted by atomic mass is 9.96. The molecule has 1 fully saturated rings. The van der Waals surface area contributed by atoms with E-state index in [1.54, 1.807) is 0 Å². The number of hydrogen-bond acceptors (Lipinski definition) is 3. The van der Waals surface area contributed by atoms with Gasteiger partial charge in [-0.1, -0.05) is 0 Å². The smallest absolute Gasteiger partial charge is 0.110 e. The molecule has 1 saturated heterocycles. The van der Waals surface area contributed by atoms with E-state index >= 15 is 0 Å². The van der Waals surface area contributed by atoms with E-state index in [2.05, 4.69) is 32.8 Å². The molecule has 1 atom stereocenters. The Morgan fingerprint density at radius 2 is 2.37 bits per heavy atom. The van der Waals surface area contributed by atoms with Gasteiger partial charge in [0.25, 0.3) is 0 Å². The van der Waals surface area contributed by atoms with E-state index in [0.29, 0.717) is 5.92 Å². The van der Waals surface area contributed by atoms with Crippen LogP contribution >= 0.6 is 0 Å². The number of hydrogen-bond donors (Lipinski definition) is 1. The number of pyridine rings is 1. The Labute approximate surface area is 113 Å². The molecule has 0 unspecified atom stereocenters. The maximum Gasteiger partial charge on any atom is 0.110 e. The Bertz CT molecular complexity index is 521. The highest BCUT2D eigenvalue weighted by Crippen LogP contribution is 2.25. The zero-order valence-electron chi connectivity index (χ0n) is 11.3. The molecule has 1 aliphatic heterocycles. The van der Waals surface area contributed by atoms with Gasteiger partial charge in [0.15, 0.2) is 0 Å². The number of piperidine rings is 1. The third kappa shape index (κ3) is 2.84. The molecule has 0 bridgehead atoms. The number of H-pyrrole nitrogens is 1. The third-order valence-corrected chi connectivity index (χ3v) is 3.94. The normalized spacial score (nSPS) is 20.6. The first kappa shape index (κ1) is 12.4. The molecular formula is C15H20N4. The molecule has 0 spiro atoms. The molecule has 19 heavy (non-hydrogen) atoms. The first-order chi connectivity index (χ1) is 9.33. The van der Waals surface area contributed by atoms with Crippen LogP contribution in [-0.4, -0.2) is 32.9 Å². The molecule has 4 heteroatoms. The quantitative estimate of drug-likeness (QED) is 0.917. The Hall–Kier alpha value is -1.68. The van der Waals surface area contributed by atoms with Gasteiger partial charge in [-0.3, -0.25) is 9.88 Å². The summed E-state index contributed by atoms with van der Waals surface area (Å²) in [5, 5.41) is 0. The van der Waals surface area contributed by atoms with Gasteiger partial charge in [-0.15, -0.1) is 0 Å². The van der Waals surface area contributed by atoms with Gasteiger partial charge >= 0.3 is 0 Å². The Balaban J connectivity index is 1.67. The van der Waals surface area contributed by atoms with Crippen molar-refractivity contribution >= 4 is 0 Å². The predicted molar refractivity (Wildman–Crippen MR) is 74.8 cm³/mol. The number of imidazole rings is 1. The van der Waals surface area contributed by atoms with Crippen molar-refractivity contribution in [1.82, 2.24) is 19.9 Å². The van der Waals surface area contributed by atoms with Gasteiger partial charge in [-0.25, -0.2) is 4.98 Å². The molecular weight excluding hydrogens is 236 g/mol. The van der Waals surface area contributed by atoms with Crippen LogP contribution in [-0.2, 0) is 6.54 Å². The van der Waals surface area contributed by atoms with E-state index in [-0.39, 0.29) is 0 Å². The fourth-order valence-electron chi connectivity index (χ4n) is 2.84. The SMILES string of the molecule is Cc1cnccc1CN1CCC[C@@H](c2ncc[nH]2)C1. The monoisotopic (exact) mass is 256 g/mol. The van der Waals surface area contributed by atoms with E-state index in [0.717, 1.165) is 18.9 Å². The van der Waals surface area contributed by atoms with Crippen molar-refractivity contribution in [1.29, 1.82) is 0 Å². The number of aromatic nitrogens is 3. The van der Waals surface area contributed by atoms with Crippen LogP contribution in [0.3, 0.4) is 0 Å². The second kappa shape index (κ2) is 5.53. The summed E-state index contributed by atoms with van der Waals surface area (Å²) in [5.74, 6) is 1.68. The highest BCUT2D eigenvalue weighted by atomic mass is 15.1. The minimum absolute atomic E-state index is 0.547. The molecule has 1 aliphatic rings. The summed E-state index contributed by atoms with van der Waals surface area (Å²) in [7, 11) is 0. The highest BCUT2D eigenvalue weighted by molar-refractivity contribution is 5.21. The van der Waals surface area contributed by atoms with Crippen LogP contribution in [0.1, 0.15) is 35.7 Å². The summed E-state index contributed by atoms with van der Waals surface area (Å²) >= 11 is 0. The fraction of sp³-hybridized carbons (Fsp3) is 0.467. The molecule has 100 valence electrons. The number of likely N-dealkylation sites (tertiary alicyclic amines) is 1. The predicted octanol–water partition coefficient (Wildman–Crippen LogP) is 2.49. The van der Waals surface area contributed by atoms with Gasteiger partial charge in [0.2, 0.25) is 0 Å². The summed E-state index contributed by atoms with van der Waals surface area (Å²) in [5.41, 5.74) is 2.66. The van der Waals surface area contributed by atoms with Gasteiger partial charge < -0.3 is 4.98 Å². The molecule has 0 saturated carbocycles. The summed E-state index contributed by atoms with van der Waals surface area (Å²) in [6.07, 6.45) is 10.1. The number of aryl methyl sites for hydroxylation is 1. The van der Waals surface area contributed by atoms with Gasteiger partial charge in [-0.2, -0.15) is 0 Å². The number of nitrogens with one attached hydrogen (secondary N) is 1. The molecule has 0 radical (unpaired) electrons. The van der Waals surface area contributed by atoms with Crippen LogP contribution in [0.15, 0.2) is 30.9 Å². The number of nitrogens with zero attached hydrogens (tertiary/aromatic N) is 3. The second-order valence-electron chi connectivity index (χ2n) is 5.35. The summed E-state index contributed by atoms with van der Waals surface area (Å²) in [6, 6.07) is 2.13. The number of aromatic amines is 1. The van der Waals surface area contributed by atoms with Crippen molar-refractivity contribution in [2.75, 3.05) is 13.1 Å². The van der Waals surface area contributed by atoms with Gasteiger partial charge in [0.1, 0.15) is 5.82 Å². The van der Waals surface area contributed by atoms with Crippen molar-refractivity contribution in [2.24, 2.45) is 0 Å². The number of rotatable bonds is 3. The minimum Gasteiger partial charge on any atom is -0.348 e. The molecule has 0 aromatic carbocycles. The largest absolute Gasteiger partial charge is 0.348 e. The lowest BCUT2D eigenvalue weighted by molar-refractivity contribution is 0.196. The van der Waals surface area contributed by atoms with Crippen LogP contribution in [0.25, 0.3) is 0 Å². The van der Waals surface area contributed by atoms with Gasteiger partial charge in [0, 0.05) is 43.8 Å². The Morgan fingerprint density at radius 1 is 1.42 bits per heavy atom. The first-order valence-electron chi connectivity index (χ1n) is 6.94. The second-order valence-corrected chi connectivity index (χ2v) is 5.35. The van der Waals surface area contributed by atoms with Crippen molar-refractivity contribution in [3.8, 4) is 0 Å². The van der Waals surface area contributed by atoms with Crippen LogP contribution in [0.5, 0.6) is 0 Å². The molecule has 3 heterocycles. The average molecular weight is 256 g/mol. The van der Waals surface area contributed by atoms with Crippen LogP contribution in [0.4, 0.5) is 0 Å². The zero-order chi connectivity index (χ0) is 13.1. The lowest BCUT2D eigenvalue weighted by Gasteiger charge is -2.32. The van der Waals surface area contributed by atoms with Crippen molar-refractivity contribution in [3.05, 3.63) is 47.8 Å². The molecule has 0 amide bonds. The molecule has 2 aromatic heterocycles. The third-order valence-electron chi connectivity index (χ3n) is 3.94. The minimum atomic E-state index is 0.547. The van der Waals surface area contributed by atoms with Gasteiger partial charge in [0.05, 0.1) is 0 Å². The van der Waals surface area contributed by atoms with Crippen molar-refractivity contribution < 1.29 is 0 Å². The van der Waals surface area contributed by atoms with E-state index < -0.39 is 0 Å². The van der Waals surface area contributed by atoms with E-state index in [1.165, 1.54) is 30.5 Å². The summed E-state index contributed by atoms with van der Waals surface area (Å²) in [4.78, 5) is 14.3. The molecule has 2 aromatic rings. The van der Waals surface area contributed by atoms with Crippen LogP contribution in [0, 0.1) is 6.92 Å². The Morgan fingerprint density at radius 3 is 3.16 bits per heavy atom. The van der Waals surface area contributed by atoms with Crippen LogP contribution in [0.2, 0.25) is 0 Å². The Kier molecular flexibility index (Phi) is 3.60. The zero-order valence-corrected chi connectivity index (χ0v) is 11.3. The van der Waals surface area contributed by atoms with E-state index in [9.17, 15) is 0 Å². The van der Waals surface area contributed by atoms with Crippen molar-refractivity contribution in [2.45, 2.75) is 32.2 Å². The highest BCUT2D eigenvalue weighted by Gasteiger charge is 2.23. The maximum atomic E-state index is 4.41. The summed E-state index contributed by atoms with van der Waals surface area (Å²) in [6.45, 7) is 5.43. The molecule has 0 aliphatic carbocycles. The standard InChI is InChI=1S/C15H20N4/c1-12-9-16-5-4-13(12)10-19-8-2-3-14(11-19)15-17-6-7-18-15/h4-7,9,14H,2-3,8,10-11H2,1H3,(H,17,18)/t14-/m1/s1. The van der Waals surface area contributed by atoms with E-state index in [1.807, 2.05) is 24.8 Å². The van der Waals surface area contributed by atoms with Crippen molar-refractivity contribution in [3.63, 3.8) is 0 Å². The first-order valence-corrected chi connectivity index (χ1v) is 6.94. The van der Waals surface area contributed by atoms with E-state index in [4.69, 9.17) is 0 Å². The molecule has 3 rings (SSSR count). The topological polar surface area (TPSA) is 44.8 Å². The average Bonchev–Trinajstić information content (AvgIpc) is 2.96. The molecule has 4 nitrogen and oxygen atoms in total. The van der Waals surface area contributed by atoms with Crippen LogP contribution < -0.4 is 0 Å². The fourth-order valence-corrected chi connectivity index (χ4v) is 2.84. The molecule has 1 N–H and O–H groups in total. The maximum absolute atomic E-state index is 4.41. The van der Waals surface area contributed by atoms with Gasteiger partial charge in [-0.05, 0) is 43.5 Å². The lowest BCUT2D eigenvalue weighted by Crippen LogP contribution is -2.34. The summed E-state index contributed by atoms with van der Waals surface area (Å²) < 4.78 is 0.